The summed E-state index contributed by atoms with van der Waals surface area (Å²) in [5.41, 5.74) is 0. The van der Waals surface area contributed by atoms with Crippen LogP contribution in [0.5, 0.6) is 0 Å². The highest BCUT2D eigenvalue weighted by Crippen LogP contribution is 1.82. The summed E-state index contributed by atoms with van der Waals surface area (Å²) in [5, 5.41) is 2.11. The fraction of sp³-hybridized carbons (Fsp3) is 0.500. The minimum Gasteiger partial charge on any atom is -0.296 e. The van der Waals surface area contributed by atoms with Crippen LogP contribution in [0.15, 0.2) is 0 Å². The second-order valence-electron chi connectivity index (χ2n) is 1.66. The fourth-order valence-corrected chi connectivity index (χ4v) is 0.410. The molecule has 0 aromatic heterocycles. The smallest absolute Gasteiger partial charge is 0.230 e. The van der Waals surface area contributed by atoms with E-state index in [1.165, 1.54) is 13.3 Å². The molecule has 0 spiro atoms. The molecule has 0 aromatic rings. The summed E-state index contributed by atoms with van der Waals surface area (Å²) in [6.45, 7) is 3.14. The predicted octanol–water partition coefficient (Wildman–Crippen LogP) is 0.263. The zero-order chi connectivity index (χ0) is 7.28. The largest absolute Gasteiger partial charge is 0.296 e. The van der Waals surface area contributed by atoms with Crippen molar-refractivity contribution in [2.24, 2.45) is 0 Å². The molecule has 1 N–H and O–H groups in total. The van der Waals surface area contributed by atoms with E-state index < -0.39 is 0 Å². The van der Waals surface area contributed by atoms with E-state index in [9.17, 15) is 9.59 Å². The van der Waals surface area contributed by atoms with Crippen LogP contribution in [0.3, 0.4) is 0 Å². The molecule has 0 aromatic carbocycles. The first-order chi connectivity index (χ1) is 4.16. The third-order valence-electron chi connectivity index (χ3n) is 0.689. The van der Waals surface area contributed by atoms with Crippen molar-refractivity contribution in [3.05, 3.63) is 6.42 Å². The van der Waals surface area contributed by atoms with Crippen LogP contribution in [-0.2, 0) is 9.59 Å². The van der Waals surface area contributed by atoms with Gasteiger partial charge in [-0.3, -0.25) is 14.9 Å². The number of hydrogen-bond acceptors (Lipinski definition) is 2. The normalized spacial score (nSPS) is 8.67. The number of nitrogens with one attached hydrogen (secondary N) is 1. The summed E-state index contributed by atoms with van der Waals surface area (Å²) in [6.07, 6.45) is 2.07. The maximum Gasteiger partial charge on any atom is 0.230 e. The van der Waals surface area contributed by atoms with Crippen LogP contribution >= 0.6 is 0 Å². The molecule has 0 rings (SSSR count). The number of imide groups is 1. The zero-order valence-electron chi connectivity index (χ0n) is 5.60. The van der Waals surface area contributed by atoms with Gasteiger partial charge in [0.15, 0.2) is 0 Å². The summed E-state index contributed by atoms with van der Waals surface area (Å²) in [7, 11) is 0. The molecular formula is C6H10NO2. The molecule has 2 amide bonds. The molecule has 51 valence electrons. The van der Waals surface area contributed by atoms with Gasteiger partial charge < -0.3 is 0 Å². The van der Waals surface area contributed by atoms with Crippen LogP contribution in [0.2, 0.25) is 0 Å². The van der Waals surface area contributed by atoms with Gasteiger partial charge in [-0.15, -0.1) is 0 Å². The third kappa shape index (κ3) is 5.00. The van der Waals surface area contributed by atoms with E-state index in [-0.39, 0.29) is 11.8 Å². The first-order valence-electron chi connectivity index (χ1n) is 2.81. The molecule has 0 heterocycles. The average Bonchev–Trinajstić information content (AvgIpc) is 1.63. The van der Waals surface area contributed by atoms with Crippen LogP contribution in [0.4, 0.5) is 0 Å². The first kappa shape index (κ1) is 8.14. The molecule has 0 saturated carbocycles. The maximum absolute atomic E-state index is 10.5. The Labute approximate surface area is 54.4 Å². The lowest BCUT2D eigenvalue weighted by Gasteiger charge is -1.95. The van der Waals surface area contributed by atoms with Crippen molar-refractivity contribution in [3.8, 4) is 0 Å². The zero-order valence-corrected chi connectivity index (χ0v) is 5.60. The SMILES string of the molecule is CC[CH]C(=O)NC(C)=O. The highest BCUT2D eigenvalue weighted by Gasteiger charge is 1.99. The highest BCUT2D eigenvalue weighted by atomic mass is 16.2. The lowest BCUT2D eigenvalue weighted by Crippen LogP contribution is -2.27. The molecule has 0 aliphatic carbocycles. The molecule has 0 saturated heterocycles. The average molecular weight is 128 g/mol. The maximum atomic E-state index is 10.5. The van der Waals surface area contributed by atoms with E-state index in [0.717, 1.165) is 0 Å². The van der Waals surface area contributed by atoms with Gasteiger partial charge in [-0.25, -0.2) is 0 Å². The summed E-state index contributed by atoms with van der Waals surface area (Å²) < 4.78 is 0. The molecule has 0 fully saturated rings. The topological polar surface area (TPSA) is 46.2 Å². The quantitative estimate of drug-likeness (QED) is 0.580. The molecule has 3 nitrogen and oxygen atoms in total. The molecule has 0 aliphatic heterocycles. The number of carbonyl (C=O) groups is 2. The van der Waals surface area contributed by atoms with Gasteiger partial charge in [-0.05, 0) is 6.42 Å². The van der Waals surface area contributed by atoms with Crippen molar-refractivity contribution in [1.29, 1.82) is 0 Å². The van der Waals surface area contributed by atoms with E-state index in [1.54, 1.807) is 0 Å². The lowest BCUT2D eigenvalue weighted by molar-refractivity contribution is -0.127. The van der Waals surface area contributed by atoms with Gasteiger partial charge in [0.2, 0.25) is 11.8 Å². The molecule has 0 bridgehead atoms. The number of amides is 2. The first-order valence-corrected chi connectivity index (χ1v) is 2.81. The summed E-state index contributed by atoms with van der Waals surface area (Å²) in [5.74, 6) is -0.630. The Hall–Kier alpha value is -0.860. The summed E-state index contributed by atoms with van der Waals surface area (Å²) in [6, 6.07) is 0. The van der Waals surface area contributed by atoms with E-state index in [4.69, 9.17) is 0 Å². The van der Waals surface area contributed by atoms with Crippen LogP contribution in [0.1, 0.15) is 20.3 Å². The molecule has 1 radical (unpaired) electrons. The van der Waals surface area contributed by atoms with Crippen LogP contribution in [0, 0.1) is 6.42 Å². The van der Waals surface area contributed by atoms with E-state index >= 15 is 0 Å². The van der Waals surface area contributed by atoms with Crippen molar-refractivity contribution in [2.75, 3.05) is 0 Å². The summed E-state index contributed by atoms with van der Waals surface area (Å²) >= 11 is 0. The van der Waals surface area contributed by atoms with E-state index in [2.05, 4.69) is 5.32 Å². The van der Waals surface area contributed by atoms with Crippen LogP contribution in [0.25, 0.3) is 0 Å². The van der Waals surface area contributed by atoms with Gasteiger partial charge in [0.05, 0.1) is 0 Å². The Bertz CT molecular complexity index is 120. The van der Waals surface area contributed by atoms with Crippen molar-refractivity contribution in [3.63, 3.8) is 0 Å². The number of hydrogen-bond donors (Lipinski definition) is 1. The molecule has 9 heavy (non-hydrogen) atoms. The number of carbonyl (C=O) groups excluding carboxylic acids is 2. The Morgan fingerprint density at radius 3 is 2.44 bits per heavy atom. The standard InChI is InChI=1S/C6H10NO2/c1-3-4-6(9)7-5(2)8/h4H,3H2,1-2H3,(H,7,8,9). The van der Waals surface area contributed by atoms with E-state index in [1.807, 2.05) is 6.92 Å². The molecular weight excluding hydrogens is 118 g/mol. The monoisotopic (exact) mass is 128 g/mol. The van der Waals surface area contributed by atoms with Crippen molar-refractivity contribution >= 4 is 11.8 Å². The summed E-state index contributed by atoms with van der Waals surface area (Å²) in [4.78, 5) is 20.6. The Balaban J connectivity index is 3.39. The van der Waals surface area contributed by atoms with Crippen molar-refractivity contribution < 1.29 is 9.59 Å². The fourth-order valence-electron chi connectivity index (χ4n) is 0.410. The Morgan fingerprint density at radius 1 is 1.56 bits per heavy atom. The van der Waals surface area contributed by atoms with E-state index in [0.29, 0.717) is 6.42 Å². The van der Waals surface area contributed by atoms with Gasteiger partial charge in [0.1, 0.15) is 0 Å². The van der Waals surface area contributed by atoms with Gasteiger partial charge in [0.25, 0.3) is 0 Å². The van der Waals surface area contributed by atoms with Gasteiger partial charge in [-0.1, -0.05) is 6.92 Å². The van der Waals surface area contributed by atoms with Crippen LogP contribution < -0.4 is 5.32 Å². The molecule has 0 unspecified atom stereocenters. The minimum absolute atomic E-state index is 0.315. The molecule has 0 atom stereocenters. The van der Waals surface area contributed by atoms with Gasteiger partial charge in [-0.2, -0.15) is 0 Å². The molecule has 0 aliphatic rings. The van der Waals surface area contributed by atoms with Crippen molar-refractivity contribution in [2.45, 2.75) is 20.3 Å². The second-order valence-corrected chi connectivity index (χ2v) is 1.66. The highest BCUT2D eigenvalue weighted by molar-refractivity contribution is 5.98. The Kier molecular flexibility index (Phi) is 3.67. The number of rotatable bonds is 2. The Morgan fingerprint density at radius 2 is 2.11 bits per heavy atom. The third-order valence-corrected chi connectivity index (χ3v) is 0.689. The lowest BCUT2D eigenvalue weighted by atomic mass is 10.3. The second kappa shape index (κ2) is 4.06. The van der Waals surface area contributed by atoms with Gasteiger partial charge in [0, 0.05) is 13.3 Å². The minimum atomic E-state index is -0.315. The van der Waals surface area contributed by atoms with Gasteiger partial charge >= 0.3 is 0 Å². The van der Waals surface area contributed by atoms with Crippen molar-refractivity contribution in [1.82, 2.24) is 5.32 Å². The predicted molar refractivity (Wildman–Crippen MR) is 33.4 cm³/mol. The molecule has 3 heteroatoms. The van der Waals surface area contributed by atoms with Crippen LogP contribution in [-0.4, -0.2) is 11.8 Å².